The van der Waals surface area contributed by atoms with Crippen LogP contribution in [0.3, 0.4) is 0 Å². The molecule has 3 aromatic rings. The minimum atomic E-state index is -0.115. The maximum Gasteiger partial charge on any atom is 0.140 e. The lowest BCUT2D eigenvalue weighted by atomic mass is 9.93. The highest BCUT2D eigenvalue weighted by Crippen LogP contribution is 2.40. The molecule has 2 heterocycles. The smallest absolute Gasteiger partial charge is 0.140 e. The number of aliphatic hydroxyl groups is 1. The summed E-state index contributed by atoms with van der Waals surface area (Å²) in [6.07, 6.45) is 6.34. The number of hydrogen-bond acceptors (Lipinski definition) is 5. The summed E-state index contributed by atoms with van der Waals surface area (Å²) in [5.74, 6) is 0. The Bertz CT molecular complexity index is 1070. The lowest BCUT2D eigenvalue weighted by Gasteiger charge is -2.26. The van der Waals surface area contributed by atoms with E-state index in [2.05, 4.69) is 44.8 Å². The maximum absolute atomic E-state index is 9.66. The number of nitrogens with one attached hydrogen (secondary N) is 2. The molecule has 1 fully saturated rings. The van der Waals surface area contributed by atoms with Crippen LogP contribution in [0.5, 0.6) is 0 Å². The van der Waals surface area contributed by atoms with Crippen LogP contribution in [0.4, 0.5) is 0 Å². The summed E-state index contributed by atoms with van der Waals surface area (Å²) < 4.78 is 0. The summed E-state index contributed by atoms with van der Waals surface area (Å²) in [6.45, 7) is 0.854. The molecule has 6 nitrogen and oxygen atoms in total. The van der Waals surface area contributed by atoms with E-state index in [1.807, 2.05) is 6.07 Å². The highest BCUT2D eigenvalue weighted by Gasteiger charge is 2.25. The summed E-state index contributed by atoms with van der Waals surface area (Å²) in [5.41, 5.74) is 8.34. The predicted octanol–water partition coefficient (Wildman–Crippen LogP) is 3.31. The Morgan fingerprint density at radius 3 is 2.79 bits per heavy atom. The number of benzene rings is 1. The first-order valence-electron chi connectivity index (χ1n) is 10.2. The van der Waals surface area contributed by atoms with Crippen molar-refractivity contribution in [1.29, 1.82) is 5.26 Å². The quantitative estimate of drug-likeness (QED) is 0.501. The lowest BCUT2D eigenvalue weighted by molar-refractivity contribution is 0.116. The molecule has 1 aromatic carbocycles. The van der Waals surface area contributed by atoms with Crippen LogP contribution in [0.2, 0.25) is 0 Å². The normalized spacial score (nSPS) is 20.1. The van der Waals surface area contributed by atoms with E-state index in [9.17, 15) is 5.11 Å². The second kappa shape index (κ2) is 7.43. The van der Waals surface area contributed by atoms with E-state index < -0.39 is 0 Å². The van der Waals surface area contributed by atoms with Gasteiger partial charge in [-0.05, 0) is 48.9 Å². The van der Waals surface area contributed by atoms with E-state index >= 15 is 0 Å². The fourth-order valence-corrected chi connectivity index (χ4v) is 4.48. The van der Waals surface area contributed by atoms with Crippen molar-refractivity contribution in [3.8, 4) is 28.6 Å². The minimum Gasteiger partial charge on any atom is -0.393 e. The molecule has 5 rings (SSSR count). The van der Waals surface area contributed by atoms with Gasteiger partial charge in [0.15, 0.2) is 0 Å². The van der Waals surface area contributed by atoms with E-state index in [-0.39, 0.29) is 6.10 Å². The van der Waals surface area contributed by atoms with Gasteiger partial charge in [0.1, 0.15) is 11.8 Å². The van der Waals surface area contributed by atoms with E-state index in [0.717, 1.165) is 55.6 Å². The van der Waals surface area contributed by atoms with Gasteiger partial charge in [0.05, 0.1) is 17.5 Å². The van der Waals surface area contributed by atoms with E-state index in [1.54, 1.807) is 12.3 Å². The molecule has 0 bridgehead atoms. The number of aromatic nitrogens is 3. The van der Waals surface area contributed by atoms with Gasteiger partial charge in [-0.15, -0.1) is 0 Å². The first-order chi connectivity index (χ1) is 14.2. The average Bonchev–Trinajstić information content (AvgIpc) is 3.32. The average molecular weight is 385 g/mol. The molecule has 0 amide bonds. The number of aromatic amines is 1. The largest absolute Gasteiger partial charge is 0.393 e. The van der Waals surface area contributed by atoms with Crippen molar-refractivity contribution in [3.05, 3.63) is 58.9 Å². The SMILES string of the molecule is N#Cc1ccc(-c2n[nH]c3c2Cc2cc(CNC4CCC(O)CC4)ccc2-3)cn1. The lowest BCUT2D eigenvalue weighted by Crippen LogP contribution is -2.34. The molecular formula is C23H23N5O. The minimum absolute atomic E-state index is 0.115. The van der Waals surface area contributed by atoms with Crippen LogP contribution in [0, 0.1) is 11.3 Å². The number of aliphatic hydroxyl groups excluding tert-OH is 1. The topological polar surface area (TPSA) is 97.6 Å². The number of H-pyrrole nitrogens is 1. The van der Waals surface area contributed by atoms with Gasteiger partial charge < -0.3 is 10.4 Å². The van der Waals surface area contributed by atoms with Crippen LogP contribution in [-0.2, 0) is 13.0 Å². The molecule has 0 saturated heterocycles. The molecule has 0 radical (unpaired) electrons. The second-order valence-corrected chi connectivity index (χ2v) is 8.02. The summed E-state index contributed by atoms with van der Waals surface area (Å²) in [6, 6.07) is 12.8. The van der Waals surface area contributed by atoms with Gasteiger partial charge in [-0.1, -0.05) is 18.2 Å². The second-order valence-electron chi connectivity index (χ2n) is 8.02. The number of nitrogens with zero attached hydrogens (tertiary/aromatic N) is 3. The van der Waals surface area contributed by atoms with Crippen molar-refractivity contribution < 1.29 is 5.11 Å². The summed E-state index contributed by atoms with van der Waals surface area (Å²) in [5, 5.41) is 30.0. The molecule has 0 unspecified atom stereocenters. The number of pyridine rings is 1. The molecule has 6 heteroatoms. The third-order valence-electron chi connectivity index (χ3n) is 6.12. The fraction of sp³-hybridized carbons (Fsp3) is 0.348. The van der Waals surface area contributed by atoms with Crippen LogP contribution in [0.25, 0.3) is 22.5 Å². The number of rotatable bonds is 4. The highest BCUT2D eigenvalue weighted by molar-refractivity contribution is 5.81. The van der Waals surface area contributed by atoms with Gasteiger partial charge in [0.25, 0.3) is 0 Å². The molecule has 2 aliphatic carbocycles. The zero-order valence-corrected chi connectivity index (χ0v) is 16.2. The molecule has 29 heavy (non-hydrogen) atoms. The molecule has 0 spiro atoms. The van der Waals surface area contributed by atoms with Crippen LogP contribution in [-0.4, -0.2) is 32.4 Å². The molecule has 2 aliphatic rings. The maximum atomic E-state index is 9.66. The predicted molar refractivity (Wildman–Crippen MR) is 110 cm³/mol. The van der Waals surface area contributed by atoms with Crippen molar-refractivity contribution in [1.82, 2.24) is 20.5 Å². The highest BCUT2D eigenvalue weighted by atomic mass is 16.3. The zero-order valence-electron chi connectivity index (χ0n) is 16.2. The molecule has 3 N–H and O–H groups in total. The van der Waals surface area contributed by atoms with Gasteiger partial charge in [0, 0.05) is 41.9 Å². The molecule has 1 saturated carbocycles. The Kier molecular flexibility index (Phi) is 4.62. The van der Waals surface area contributed by atoms with Crippen molar-refractivity contribution in [2.24, 2.45) is 0 Å². The van der Waals surface area contributed by atoms with Crippen molar-refractivity contribution in [3.63, 3.8) is 0 Å². The van der Waals surface area contributed by atoms with Gasteiger partial charge in [-0.2, -0.15) is 10.4 Å². The third-order valence-corrected chi connectivity index (χ3v) is 6.12. The van der Waals surface area contributed by atoms with Gasteiger partial charge in [-0.25, -0.2) is 4.98 Å². The van der Waals surface area contributed by atoms with Crippen LogP contribution in [0.15, 0.2) is 36.5 Å². The molecular weight excluding hydrogens is 362 g/mol. The van der Waals surface area contributed by atoms with E-state index in [0.29, 0.717) is 11.7 Å². The Morgan fingerprint density at radius 1 is 1.17 bits per heavy atom. The molecule has 0 atom stereocenters. The standard InChI is InChI=1S/C23H23N5O/c24-11-18-3-2-15(13-26-18)22-21-10-16-9-14(1-8-20(16)23(21)28-27-22)12-25-17-4-6-19(29)7-5-17/h1-3,8-9,13,17,19,25,29H,4-7,10,12H2,(H,27,28). The molecule has 0 aliphatic heterocycles. The van der Waals surface area contributed by atoms with E-state index in [4.69, 9.17) is 5.26 Å². The van der Waals surface area contributed by atoms with Crippen LogP contribution in [0.1, 0.15) is 48.1 Å². The Balaban J connectivity index is 1.32. The number of fused-ring (bicyclic) bond motifs is 3. The first-order valence-corrected chi connectivity index (χ1v) is 10.2. The molecule has 2 aromatic heterocycles. The van der Waals surface area contributed by atoms with Crippen molar-refractivity contribution in [2.45, 2.75) is 50.8 Å². The van der Waals surface area contributed by atoms with Crippen molar-refractivity contribution >= 4 is 0 Å². The zero-order chi connectivity index (χ0) is 19.8. The van der Waals surface area contributed by atoms with Crippen molar-refractivity contribution in [2.75, 3.05) is 0 Å². The van der Waals surface area contributed by atoms with Gasteiger partial charge in [-0.3, -0.25) is 5.10 Å². The van der Waals surface area contributed by atoms with Crippen LogP contribution < -0.4 is 5.32 Å². The third kappa shape index (κ3) is 3.44. The van der Waals surface area contributed by atoms with Gasteiger partial charge >= 0.3 is 0 Å². The Hall–Kier alpha value is -3.01. The number of nitriles is 1. The summed E-state index contributed by atoms with van der Waals surface area (Å²) in [7, 11) is 0. The Labute approximate surface area is 169 Å². The van der Waals surface area contributed by atoms with Gasteiger partial charge in [0.2, 0.25) is 0 Å². The Morgan fingerprint density at radius 2 is 2.03 bits per heavy atom. The first kappa shape index (κ1) is 18.0. The molecule has 146 valence electrons. The summed E-state index contributed by atoms with van der Waals surface area (Å²) in [4.78, 5) is 4.18. The monoisotopic (exact) mass is 385 g/mol. The number of hydrogen-bond donors (Lipinski definition) is 3. The van der Waals surface area contributed by atoms with E-state index in [1.165, 1.54) is 22.3 Å². The summed E-state index contributed by atoms with van der Waals surface area (Å²) >= 11 is 0. The fourth-order valence-electron chi connectivity index (χ4n) is 4.48. The van der Waals surface area contributed by atoms with Crippen LogP contribution >= 0.6 is 0 Å².